The van der Waals surface area contributed by atoms with Crippen LogP contribution in [0.4, 0.5) is 5.69 Å². The van der Waals surface area contributed by atoms with Gasteiger partial charge in [-0.15, -0.1) is 0 Å². The zero-order valence-corrected chi connectivity index (χ0v) is 14.1. The van der Waals surface area contributed by atoms with Gasteiger partial charge in [0.25, 0.3) is 5.91 Å². The van der Waals surface area contributed by atoms with Gasteiger partial charge in [-0.2, -0.15) is 0 Å². The van der Waals surface area contributed by atoms with E-state index in [1.807, 2.05) is 13.0 Å². The number of fused-ring (bicyclic) bond motifs is 1. The summed E-state index contributed by atoms with van der Waals surface area (Å²) in [5.74, 6) is 0.267. The molecule has 1 atom stereocenters. The van der Waals surface area contributed by atoms with Gasteiger partial charge in [0.1, 0.15) is 13.2 Å². The third-order valence-electron chi connectivity index (χ3n) is 3.72. The van der Waals surface area contributed by atoms with E-state index in [2.05, 4.69) is 5.32 Å². The molecule has 0 bridgehead atoms. The van der Waals surface area contributed by atoms with E-state index in [9.17, 15) is 9.59 Å². The van der Waals surface area contributed by atoms with Crippen LogP contribution in [0, 0.1) is 6.92 Å². The number of nitrogens with one attached hydrogen (secondary N) is 1. The lowest BCUT2D eigenvalue weighted by Crippen LogP contribution is -2.30. The lowest BCUT2D eigenvalue weighted by molar-refractivity contribution is -0.123. The van der Waals surface area contributed by atoms with Gasteiger partial charge in [0.05, 0.1) is 5.56 Å². The van der Waals surface area contributed by atoms with E-state index in [0.29, 0.717) is 36.0 Å². The van der Waals surface area contributed by atoms with Gasteiger partial charge in [0.2, 0.25) is 0 Å². The Bertz CT molecular complexity index is 802. The predicted octanol–water partition coefficient (Wildman–Crippen LogP) is 2.95. The van der Waals surface area contributed by atoms with Gasteiger partial charge >= 0.3 is 5.97 Å². The molecule has 0 saturated heterocycles. The van der Waals surface area contributed by atoms with Crippen LogP contribution in [0.2, 0.25) is 0 Å². The van der Waals surface area contributed by atoms with Crippen LogP contribution in [0.25, 0.3) is 0 Å². The van der Waals surface area contributed by atoms with E-state index in [0.717, 1.165) is 5.56 Å². The molecule has 2 aromatic carbocycles. The van der Waals surface area contributed by atoms with Gasteiger partial charge in [0, 0.05) is 11.8 Å². The van der Waals surface area contributed by atoms with Crippen molar-refractivity contribution in [3.05, 3.63) is 53.6 Å². The number of esters is 1. The molecule has 0 aliphatic carbocycles. The van der Waals surface area contributed by atoms with E-state index in [1.54, 1.807) is 36.4 Å². The summed E-state index contributed by atoms with van der Waals surface area (Å²) in [4.78, 5) is 24.4. The van der Waals surface area contributed by atoms with Crippen molar-refractivity contribution in [2.75, 3.05) is 18.5 Å². The van der Waals surface area contributed by atoms with Crippen LogP contribution >= 0.6 is 0 Å². The second-order valence-corrected chi connectivity index (χ2v) is 5.76. The number of hydrogen-bond acceptors (Lipinski definition) is 5. The summed E-state index contributed by atoms with van der Waals surface area (Å²) in [5, 5.41) is 2.71. The fourth-order valence-corrected chi connectivity index (χ4v) is 2.42. The number of carbonyl (C=O) groups is 2. The smallest absolute Gasteiger partial charge is 0.338 e. The molecule has 1 aliphatic heterocycles. The lowest BCUT2D eigenvalue weighted by atomic mass is 10.1. The molecular weight excluding hydrogens is 322 g/mol. The maximum Gasteiger partial charge on any atom is 0.338 e. The molecule has 2 aromatic rings. The summed E-state index contributed by atoms with van der Waals surface area (Å²) in [7, 11) is 0. The third kappa shape index (κ3) is 4.09. The van der Waals surface area contributed by atoms with E-state index in [4.69, 9.17) is 14.2 Å². The number of rotatable bonds is 4. The SMILES string of the molecule is Cc1cccc(C(=O)O[C@H](C)C(=O)Nc2ccc3c(c2)OCCO3)c1. The number of benzene rings is 2. The van der Waals surface area contributed by atoms with Gasteiger partial charge in [-0.25, -0.2) is 4.79 Å². The molecule has 0 aromatic heterocycles. The zero-order chi connectivity index (χ0) is 17.8. The maximum absolute atomic E-state index is 12.3. The number of amides is 1. The minimum absolute atomic E-state index is 0.416. The van der Waals surface area contributed by atoms with Crippen LogP contribution in [0.15, 0.2) is 42.5 Å². The molecule has 1 N–H and O–H groups in total. The van der Waals surface area contributed by atoms with Crippen LogP contribution in [-0.2, 0) is 9.53 Å². The van der Waals surface area contributed by atoms with Crippen molar-refractivity contribution in [2.45, 2.75) is 20.0 Å². The molecule has 0 fully saturated rings. The van der Waals surface area contributed by atoms with Gasteiger partial charge in [-0.05, 0) is 38.1 Å². The van der Waals surface area contributed by atoms with Crippen molar-refractivity contribution in [3.63, 3.8) is 0 Å². The third-order valence-corrected chi connectivity index (χ3v) is 3.72. The first-order valence-electron chi connectivity index (χ1n) is 8.01. The molecule has 1 aliphatic rings. The van der Waals surface area contributed by atoms with Crippen LogP contribution in [-0.4, -0.2) is 31.2 Å². The Kier molecular flexibility index (Phi) is 4.88. The van der Waals surface area contributed by atoms with Crippen LogP contribution in [0.5, 0.6) is 11.5 Å². The van der Waals surface area contributed by atoms with Crippen LogP contribution in [0.3, 0.4) is 0 Å². The largest absolute Gasteiger partial charge is 0.486 e. The summed E-state index contributed by atoms with van der Waals surface area (Å²) in [6.45, 7) is 4.38. The Labute approximate surface area is 145 Å². The first kappa shape index (κ1) is 16.8. The Hall–Kier alpha value is -3.02. The fourth-order valence-electron chi connectivity index (χ4n) is 2.42. The number of aryl methyl sites for hydroxylation is 1. The van der Waals surface area contributed by atoms with Gasteiger partial charge in [-0.3, -0.25) is 4.79 Å². The Morgan fingerprint density at radius 2 is 1.84 bits per heavy atom. The maximum atomic E-state index is 12.3. The summed E-state index contributed by atoms with van der Waals surface area (Å²) in [6.07, 6.45) is -0.929. The van der Waals surface area contributed by atoms with Crippen molar-refractivity contribution in [2.24, 2.45) is 0 Å². The molecular formula is C19H19NO5. The standard InChI is InChI=1S/C19H19NO5/c1-12-4-3-5-14(10-12)19(22)25-13(2)18(21)20-15-6-7-16-17(11-15)24-9-8-23-16/h3-7,10-11,13H,8-9H2,1-2H3,(H,20,21)/t13-/m1/s1. The lowest BCUT2D eigenvalue weighted by Gasteiger charge is -2.19. The highest BCUT2D eigenvalue weighted by atomic mass is 16.6. The average molecular weight is 341 g/mol. The second-order valence-electron chi connectivity index (χ2n) is 5.76. The van der Waals surface area contributed by atoms with Gasteiger partial charge in [-0.1, -0.05) is 17.7 Å². The first-order valence-corrected chi connectivity index (χ1v) is 8.01. The minimum Gasteiger partial charge on any atom is -0.486 e. The quantitative estimate of drug-likeness (QED) is 0.866. The molecule has 3 rings (SSSR count). The molecule has 6 heteroatoms. The highest BCUT2D eigenvalue weighted by molar-refractivity contribution is 5.97. The number of ether oxygens (including phenoxy) is 3. The van der Waals surface area contributed by atoms with Gasteiger partial charge in [0.15, 0.2) is 17.6 Å². The number of hydrogen-bond donors (Lipinski definition) is 1. The molecule has 0 radical (unpaired) electrons. The zero-order valence-electron chi connectivity index (χ0n) is 14.1. The number of carbonyl (C=O) groups excluding carboxylic acids is 2. The predicted molar refractivity (Wildman–Crippen MR) is 92.1 cm³/mol. The average Bonchev–Trinajstić information content (AvgIpc) is 2.61. The van der Waals surface area contributed by atoms with Crippen molar-refractivity contribution < 1.29 is 23.8 Å². The van der Waals surface area contributed by atoms with E-state index in [-0.39, 0.29) is 0 Å². The molecule has 0 unspecified atom stereocenters. The summed E-state index contributed by atoms with van der Waals surface area (Å²) >= 11 is 0. The monoisotopic (exact) mass is 341 g/mol. The van der Waals surface area contributed by atoms with Crippen molar-refractivity contribution in [1.82, 2.24) is 0 Å². The Morgan fingerprint density at radius 1 is 1.08 bits per heavy atom. The number of anilines is 1. The highest BCUT2D eigenvalue weighted by Crippen LogP contribution is 2.32. The van der Waals surface area contributed by atoms with Crippen LogP contribution < -0.4 is 14.8 Å². The van der Waals surface area contributed by atoms with E-state index in [1.165, 1.54) is 6.92 Å². The van der Waals surface area contributed by atoms with Gasteiger partial charge < -0.3 is 19.5 Å². The first-order chi connectivity index (χ1) is 12.0. The minimum atomic E-state index is -0.929. The fraction of sp³-hybridized carbons (Fsp3) is 0.263. The van der Waals surface area contributed by atoms with E-state index < -0.39 is 18.0 Å². The summed E-state index contributed by atoms with van der Waals surface area (Å²) < 4.78 is 16.1. The van der Waals surface area contributed by atoms with E-state index >= 15 is 0 Å². The van der Waals surface area contributed by atoms with Crippen molar-refractivity contribution in [1.29, 1.82) is 0 Å². The van der Waals surface area contributed by atoms with Crippen molar-refractivity contribution in [3.8, 4) is 11.5 Å². The summed E-state index contributed by atoms with van der Waals surface area (Å²) in [5.41, 5.74) is 1.91. The normalized spacial score (nSPS) is 13.7. The summed E-state index contributed by atoms with van der Waals surface area (Å²) in [6, 6.07) is 12.1. The molecule has 25 heavy (non-hydrogen) atoms. The topological polar surface area (TPSA) is 73.9 Å². The molecule has 130 valence electrons. The molecule has 0 saturated carbocycles. The molecule has 1 heterocycles. The molecule has 0 spiro atoms. The molecule has 6 nitrogen and oxygen atoms in total. The van der Waals surface area contributed by atoms with Crippen LogP contribution in [0.1, 0.15) is 22.8 Å². The Morgan fingerprint density at radius 3 is 2.60 bits per heavy atom. The highest BCUT2D eigenvalue weighted by Gasteiger charge is 2.20. The van der Waals surface area contributed by atoms with Crippen molar-refractivity contribution >= 4 is 17.6 Å². The molecule has 1 amide bonds. The Balaban J connectivity index is 1.62. The second kappa shape index (κ2) is 7.25.